The lowest BCUT2D eigenvalue weighted by atomic mass is 9.90. The molecule has 4 nitrogen and oxygen atoms in total. The van der Waals surface area contributed by atoms with Crippen molar-refractivity contribution >= 4 is 16.7 Å². The summed E-state index contributed by atoms with van der Waals surface area (Å²) in [6, 6.07) is 14.4. The number of amides is 1. The van der Waals surface area contributed by atoms with Crippen LogP contribution in [0.2, 0.25) is 0 Å². The average molecular weight is 298 g/mol. The first-order valence-electron chi connectivity index (χ1n) is 7.75. The molecule has 0 aromatic heterocycles. The molecule has 0 saturated carbocycles. The van der Waals surface area contributed by atoms with Crippen LogP contribution >= 0.6 is 0 Å². The lowest BCUT2D eigenvalue weighted by Gasteiger charge is -2.33. The molecule has 22 heavy (non-hydrogen) atoms. The van der Waals surface area contributed by atoms with Gasteiger partial charge >= 0.3 is 0 Å². The molecule has 0 bridgehead atoms. The summed E-state index contributed by atoms with van der Waals surface area (Å²) in [6.07, 6.45) is 1.15. The van der Waals surface area contributed by atoms with Crippen molar-refractivity contribution in [2.75, 3.05) is 13.2 Å². The first-order chi connectivity index (χ1) is 10.6. The Morgan fingerprint density at radius 3 is 2.59 bits per heavy atom. The fourth-order valence-corrected chi connectivity index (χ4v) is 2.86. The third kappa shape index (κ3) is 2.98. The van der Waals surface area contributed by atoms with Crippen LogP contribution in [0.5, 0.6) is 0 Å². The van der Waals surface area contributed by atoms with Crippen LogP contribution in [0.4, 0.5) is 0 Å². The van der Waals surface area contributed by atoms with Crippen LogP contribution in [0.3, 0.4) is 0 Å². The van der Waals surface area contributed by atoms with E-state index in [1.54, 1.807) is 0 Å². The predicted molar refractivity (Wildman–Crippen MR) is 87.5 cm³/mol. The van der Waals surface area contributed by atoms with E-state index in [0.717, 1.165) is 5.56 Å². The van der Waals surface area contributed by atoms with Crippen molar-refractivity contribution in [3.63, 3.8) is 0 Å². The van der Waals surface area contributed by atoms with Gasteiger partial charge in [-0.3, -0.25) is 4.79 Å². The maximum absolute atomic E-state index is 12.5. The molecule has 4 heteroatoms. The summed E-state index contributed by atoms with van der Waals surface area (Å²) >= 11 is 0. The highest BCUT2D eigenvalue weighted by molar-refractivity contribution is 5.87. The van der Waals surface area contributed by atoms with Gasteiger partial charge in [0.05, 0.1) is 11.6 Å². The highest BCUT2D eigenvalue weighted by Gasteiger charge is 2.36. The van der Waals surface area contributed by atoms with Gasteiger partial charge in [-0.05, 0) is 42.2 Å². The maximum atomic E-state index is 12.5. The van der Waals surface area contributed by atoms with Crippen LogP contribution in [-0.4, -0.2) is 24.7 Å². The molecule has 1 unspecified atom stereocenters. The topological polar surface area (TPSA) is 64.4 Å². The number of fused-ring (bicyclic) bond motifs is 1. The molecular weight excluding hydrogens is 276 g/mol. The van der Waals surface area contributed by atoms with Crippen molar-refractivity contribution in [2.45, 2.75) is 31.3 Å². The molecular formula is C18H22N2O2. The Morgan fingerprint density at radius 2 is 1.86 bits per heavy atom. The fraction of sp³-hybridized carbons (Fsp3) is 0.389. The number of rotatable bonds is 3. The summed E-state index contributed by atoms with van der Waals surface area (Å²) < 4.78 is 5.29. The Labute approximate surface area is 130 Å². The minimum atomic E-state index is -0.802. The molecule has 3 N–H and O–H groups in total. The van der Waals surface area contributed by atoms with Crippen molar-refractivity contribution in [3.05, 3.63) is 48.0 Å². The normalized spacial score (nSPS) is 18.8. The van der Waals surface area contributed by atoms with Gasteiger partial charge in [0.2, 0.25) is 5.91 Å². The molecule has 1 saturated heterocycles. The van der Waals surface area contributed by atoms with Crippen molar-refractivity contribution < 1.29 is 9.53 Å². The second-order valence-corrected chi connectivity index (χ2v) is 6.07. The quantitative estimate of drug-likeness (QED) is 0.915. The molecule has 116 valence electrons. The number of hydrogen-bond acceptors (Lipinski definition) is 3. The number of nitrogens with two attached hydrogens (primary N) is 1. The number of carbonyl (C=O) groups is 1. The molecule has 3 rings (SSSR count). The highest BCUT2D eigenvalue weighted by atomic mass is 16.5. The summed E-state index contributed by atoms with van der Waals surface area (Å²) in [4.78, 5) is 12.5. The van der Waals surface area contributed by atoms with Gasteiger partial charge < -0.3 is 15.8 Å². The van der Waals surface area contributed by atoms with E-state index in [1.807, 2.05) is 19.1 Å². The first kappa shape index (κ1) is 15.0. The molecule has 1 amide bonds. The van der Waals surface area contributed by atoms with Gasteiger partial charge in [0.25, 0.3) is 0 Å². The summed E-state index contributed by atoms with van der Waals surface area (Å²) in [6.45, 7) is 3.09. The molecule has 1 aliphatic rings. The number of hydrogen-bond donors (Lipinski definition) is 2. The van der Waals surface area contributed by atoms with Crippen LogP contribution in [0.25, 0.3) is 10.8 Å². The van der Waals surface area contributed by atoms with Gasteiger partial charge in [-0.2, -0.15) is 0 Å². The smallest absolute Gasteiger partial charge is 0.240 e. The van der Waals surface area contributed by atoms with Crippen molar-refractivity contribution in [2.24, 2.45) is 5.73 Å². The molecule has 1 fully saturated rings. The second-order valence-electron chi connectivity index (χ2n) is 6.07. The summed E-state index contributed by atoms with van der Waals surface area (Å²) in [5, 5.41) is 5.43. The van der Waals surface area contributed by atoms with E-state index in [2.05, 4.69) is 35.6 Å². The fourth-order valence-electron chi connectivity index (χ4n) is 2.86. The van der Waals surface area contributed by atoms with Crippen molar-refractivity contribution in [1.82, 2.24) is 5.32 Å². The molecule has 0 spiro atoms. The molecule has 0 aliphatic carbocycles. The molecule has 1 heterocycles. The Hall–Kier alpha value is -1.91. The SMILES string of the molecule is CC(NC(=O)C1(N)CCOCC1)c1ccc2ccccc2c1. The minimum Gasteiger partial charge on any atom is -0.381 e. The van der Waals surface area contributed by atoms with Gasteiger partial charge in [0.1, 0.15) is 0 Å². The summed E-state index contributed by atoms with van der Waals surface area (Å²) in [5.74, 6) is -0.0866. The van der Waals surface area contributed by atoms with Crippen LogP contribution < -0.4 is 11.1 Å². The Morgan fingerprint density at radius 1 is 1.18 bits per heavy atom. The molecule has 2 aromatic carbocycles. The number of benzene rings is 2. The summed E-state index contributed by atoms with van der Waals surface area (Å²) in [5.41, 5.74) is 6.51. The van der Waals surface area contributed by atoms with Gasteiger partial charge in [-0.25, -0.2) is 0 Å². The largest absolute Gasteiger partial charge is 0.381 e. The third-order valence-electron chi connectivity index (χ3n) is 4.46. The average Bonchev–Trinajstić information content (AvgIpc) is 2.55. The van der Waals surface area contributed by atoms with E-state index in [-0.39, 0.29) is 11.9 Å². The van der Waals surface area contributed by atoms with E-state index in [1.165, 1.54) is 10.8 Å². The Kier molecular flexibility index (Phi) is 4.14. The monoisotopic (exact) mass is 298 g/mol. The lowest BCUT2D eigenvalue weighted by molar-refractivity contribution is -0.130. The summed E-state index contributed by atoms with van der Waals surface area (Å²) in [7, 11) is 0. The van der Waals surface area contributed by atoms with Gasteiger partial charge in [0.15, 0.2) is 0 Å². The zero-order valence-corrected chi connectivity index (χ0v) is 12.8. The van der Waals surface area contributed by atoms with Crippen LogP contribution in [0.15, 0.2) is 42.5 Å². The zero-order valence-electron chi connectivity index (χ0n) is 12.8. The molecule has 2 aromatic rings. The Balaban J connectivity index is 1.75. The number of carbonyl (C=O) groups excluding carboxylic acids is 1. The van der Waals surface area contributed by atoms with Crippen LogP contribution in [0, 0.1) is 0 Å². The number of nitrogens with one attached hydrogen (secondary N) is 1. The number of ether oxygens (including phenoxy) is 1. The van der Waals surface area contributed by atoms with E-state index < -0.39 is 5.54 Å². The predicted octanol–water partition coefficient (Wildman–Crippen LogP) is 2.52. The standard InChI is InChI=1S/C18H22N2O2/c1-13(20-17(21)18(19)8-10-22-11-9-18)15-7-6-14-4-2-3-5-16(14)12-15/h2-7,12-13H,8-11,19H2,1H3,(H,20,21). The molecule has 1 atom stereocenters. The van der Waals surface area contributed by atoms with Crippen molar-refractivity contribution in [3.8, 4) is 0 Å². The van der Waals surface area contributed by atoms with Gasteiger partial charge in [-0.1, -0.05) is 36.4 Å². The van der Waals surface area contributed by atoms with E-state index in [4.69, 9.17) is 10.5 Å². The molecule has 1 aliphatic heterocycles. The minimum absolute atomic E-state index is 0.0691. The zero-order chi connectivity index (χ0) is 15.6. The second kappa shape index (κ2) is 6.07. The van der Waals surface area contributed by atoms with Crippen LogP contribution in [-0.2, 0) is 9.53 Å². The van der Waals surface area contributed by atoms with Gasteiger partial charge in [-0.15, -0.1) is 0 Å². The molecule has 0 radical (unpaired) electrons. The third-order valence-corrected chi connectivity index (χ3v) is 4.46. The van der Waals surface area contributed by atoms with E-state index >= 15 is 0 Å². The van der Waals surface area contributed by atoms with E-state index in [9.17, 15) is 4.79 Å². The van der Waals surface area contributed by atoms with Gasteiger partial charge in [0, 0.05) is 13.2 Å². The highest BCUT2D eigenvalue weighted by Crippen LogP contribution is 2.23. The lowest BCUT2D eigenvalue weighted by Crippen LogP contribution is -2.57. The maximum Gasteiger partial charge on any atom is 0.240 e. The van der Waals surface area contributed by atoms with Crippen molar-refractivity contribution in [1.29, 1.82) is 0 Å². The van der Waals surface area contributed by atoms with Crippen LogP contribution in [0.1, 0.15) is 31.4 Å². The first-order valence-corrected chi connectivity index (χ1v) is 7.75. The Bertz CT molecular complexity index is 678. The van der Waals surface area contributed by atoms with E-state index in [0.29, 0.717) is 26.1 Å².